The maximum Gasteiger partial charge on any atom is 0.199 e. The van der Waals surface area contributed by atoms with Gasteiger partial charge in [-0.05, 0) is 57.2 Å². The van der Waals surface area contributed by atoms with Gasteiger partial charge in [0.05, 0.1) is 0 Å². The fraction of sp³-hybridized carbons (Fsp3) is 0.571. The van der Waals surface area contributed by atoms with Crippen LogP contribution in [0.4, 0.5) is 0 Å². The molecule has 0 N–H and O–H groups in total. The summed E-state index contributed by atoms with van der Waals surface area (Å²) in [5.41, 5.74) is 3.99. The highest BCUT2D eigenvalue weighted by atomic mass is 28.5. The van der Waals surface area contributed by atoms with Crippen molar-refractivity contribution in [3.8, 4) is 0 Å². The molecule has 0 unspecified atom stereocenters. The van der Waals surface area contributed by atoms with Crippen LogP contribution in [0.1, 0.15) is 0 Å². The Morgan fingerprint density at radius 2 is 0.950 bits per heavy atom. The summed E-state index contributed by atoms with van der Waals surface area (Å²) in [6, 6.07) is 0. The molecule has 2 nitrogen and oxygen atoms in total. The maximum absolute atomic E-state index is 6.48. The molecule has 6 heteroatoms. The molecule has 0 radical (unpaired) electrons. The smallest absolute Gasteiger partial charge is 0.199 e. The quantitative estimate of drug-likeness (QED) is 0.581. The molecule has 116 valence electrons. The van der Waals surface area contributed by atoms with Crippen LogP contribution in [0, 0.1) is 0 Å². The SMILES string of the molecule is C=C[Si](C)(C)O[Si](C)(C)C(=C)[Si](C)(C)O[Si](C)(C)C=C. The zero-order valence-corrected chi connectivity index (χ0v) is 18.6. The molecule has 0 aliphatic carbocycles. The molecular weight excluding hydrogens is 312 g/mol. The lowest BCUT2D eigenvalue weighted by Crippen LogP contribution is -2.55. The zero-order chi connectivity index (χ0) is 16.4. The van der Waals surface area contributed by atoms with Crippen molar-refractivity contribution in [2.24, 2.45) is 0 Å². The molecule has 0 aromatic carbocycles. The van der Waals surface area contributed by atoms with E-state index in [1.54, 1.807) is 0 Å². The van der Waals surface area contributed by atoms with Crippen LogP contribution in [0.5, 0.6) is 0 Å². The van der Waals surface area contributed by atoms with Gasteiger partial charge in [-0.3, -0.25) is 0 Å². The van der Waals surface area contributed by atoms with E-state index in [0.717, 1.165) is 0 Å². The molecule has 0 aromatic heterocycles. The summed E-state index contributed by atoms with van der Waals surface area (Å²) in [6.07, 6.45) is 0. The third-order valence-electron chi connectivity index (χ3n) is 3.47. The highest BCUT2D eigenvalue weighted by Gasteiger charge is 2.44. The predicted octanol–water partition coefficient (Wildman–Crippen LogP) is 4.93. The van der Waals surface area contributed by atoms with Crippen LogP contribution in [0.25, 0.3) is 0 Å². The van der Waals surface area contributed by atoms with E-state index >= 15 is 0 Å². The Kier molecular flexibility index (Phi) is 6.41. The third-order valence-corrected chi connectivity index (χ3v) is 20.3. The Hall–Kier alpha value is 0.00753. The first-order valence-electron chi connectivity index (χ1n) is 7.06. The molecule has 0 fully saturated rings. The molecule has 0 amide bonds. The molecule has 0 saturated carbocycles. The lowest BCUT2D eigenvalue weighted by molar-refractivity contribution is 0.551. The van der Waals surface area contributed by atoms with Crippen LogP contribution in [0.15, 0.2) is 36.0 Å². The molecule has 0 bridgehead atoms. The molecule has 0 aliphatic heterocycles. The second-order valence-corrected chi connectivity index (χ2v) is 23.9. The van der Waals surface area contributed by atoms with Gasteiger partial charge in [-0.15, -0.1) is 19.7 Å². The van der Waals surface area contributed by atoms with Gasteiger partial charge in [0.1, 0.15) is 0 Å². The summed E-state index contributed by atoms with van der Waals surface area (Å²) in [4.78, 5) is 1.23. The van der Waals surface area contributed by atoms with E-state index in [1.807, 2.05) is 11.4 Å². The lowest BCUT2D eigenvalue weighted by atomic mass is 11.2. The first-order valence-corrected chi connectivity index (χ1v) is 18.9. The van der Waals surface area contributed by atoms with Gasteiger partial charge in [0.15, 0.2) is 33.3 Å². The molecule has 0 aromatic rings. The van der Waals surface area contributed by atoms with Crippen molar-refractivity contribution in [3.63, 3.8) is 0 Å². The molecule has 0 aliphatic rings. The van der Waals surface area contributed by atoms with Gasteiger partial charge in [-0.25, -0.2) is 0 Å². The summed E-state index contributed by atoms with van der Waals surface area (Å²) in [5, 5.41) is 0. The van der Waals surface area contributed by atoms with Crippen LogP contribution < -0.4 is 0 Å². The molecule has 20 heavy (non-hydrogen) atoms. The van der Waals surface area contributed by atoms with Crippen LogP contribution in [0.3, 0.4) is 0 Å². The van der Waals surface area contributed by atoms with Crippen LogP contribution in [0.2, 0.25) is 52.4 Å². The summed E-state index contributed by atoms with van der Waals surface area (Å²) in [5.74, 6) is 0. The van der Waals surface area contributed by atoms with E-state index in [0.29, 0.717) is 0 Å². The average molecular weight is 345 g/mol. The van der Waals surface area contributed by atoms with E-state index in [4.69, 9.17) is 8.23 Å². The highest BCUT2D eigenvalue weighted by Crippen LogP contribution is 2.30. The largest absolute Gasteiger partial charge is 0.449 e. The second-order valence-electron chi connectivity index (χ2n) is 7.32. The van der Waals surface area contributed by atoms with Gasteiger partial charge in [0.2, 0.25) is 0 Å². The van der Waals surface area contributed by atoms with E-state index in [9.17, 15) is 0 Å². The lowest BCUT2D eigenvalue weighted by Gasteiger charge is -2.41. The molecular formula is C14H32O2Si4. The van der Waals surface area contributed by atoms with Crippen molar-refractivity contribution < 1.29 is 8.23 Å². The Labute approximate surface area is 130 Å². The minimum atomic E-state index is -1.99. The average Bonchev–Trinajstić information content (AvgIpc) is 2.25. The van der Waals surface area contributed by atoms with Gasteiger partial charge in [0.25, 0.3) is 0 Å². The van der Waals surface area contributed by atoms with Gasteiger partial charge in [0, 0.05) is 0 Å². The van der Waals surface area contributed by atoms with Gasteiger partial charge < -0.3 is 8.23 Å². The fourth-order valence-corrected chi connectivity index (χ4v) is 21.1. The van der Waals surface area contributed by atoms with Gasteiger partial charge >= 0.3 is 0 Å². The van der Waals surface area contributed by atoms with Crippen molar-refractivity contribution in [2.75, 3.05) is 0 Å². The van der Waals surface area contributed by atoms with Crippen molar-refractivity contribution >= 4 is 33.3 Å². The second kappa shape index (κ2) is 6.41. The number of hydrogen-bond acceptors (Lipinski definition) is 2. The topological polar surface area (TPSA) is 18.5 Å². The third kappa shape index (κ3) is 5.78. The summed E-state index contributed by atoms with van der Waals surface area (Å²) in [7, 11) is -7.58. The molecule has 0 atom stereocenters. The summed E-state index contributed by atoms with van der Waals surface area (Å²) < 4.78 is 13.0. The van der Waals surface area contributed by atoms with E-state index < -0.39 is 33.3 Å². The van der Waals surface area contributed by atoms with Crippen molar-refractivity contribution in [3.05, 3.63) is 36.0 Å². The Morgan fingerprint density at radius 3 is 1.15 bits per heavy atom. The minimum Gasteiger partial charge on any atom is -0.449 e. The van der Waals surface area contributed by atoms with Crippen molar-refractivity contribution in [1.82, 2.24) is 0 Å². The highest BCUT2D eigenvalue weighted by molar-refractivity contribution is 7.05. The molecule has 0 heterocycles. The van der Waals surface area contributed by atoms with Crippen molar-refractivity contribution in [2.45, 2.75) is 52.4 Å². The first kappa shape index (κ1) is 20.0. The number of rotatable bonds is 8. The van der Waals surface area contributed by atoms with E-state index in [-0.39, 0.29) is 0 Å². The first-order chi connectivity index (χ1) is 8.69. The summed E-state index contributed by atoms with van der Waals surface area (Å²) in [6.45, 7) is 29.9. The van der Waals surface area contributed by atoms with Crippen molar-refractivity contribution in [1.29, 1.82) is 0 Å². The van der Waals surface area contributed by atoms with Gasteiger partial charge in [-0.2, -0.15) is 0 Å². The molecule has 0 spiro atoms. The molecule has 0 saturated heterocycles. The normalized spacial score (nSPS) is 14.0. The van der Waals surface area contributed by atoms with E-state index in [1.165, 1.54) is 4.82 Å². The predicted molar refractivity (Wildman–Crippen MR) is 102 cm³/mol. The Morgan fingerprint density at radius 1 is 0.700 bits per heavy atom. The monoisotopic (exact) mass is 344 g/mol. The van der Waals surface area contributed by atoms with Crippen LogP contribution in [-0.4, -0.2) is 33.3 Å². The molecule has 0 rings (SSSR count). The minimum absolute atomic E-state index is 1.23. The standard InChI is InChI=1S/C14H32O2Si4/c1-12-17(4,5)15-19(8,9)14(3)20(10,11)16-18(6,7)13-2/h12-13H,1-3H2,4-11H3. The van der Waals surface area contributed by atoms with Gasteiger partial charge in [-0.1, -0.05) is 11.4 Å². The Bertz CT molecular complexity index is 362. The van der Waals surface area contributed by atoms with Crippen LogP contribution in [-0.2, 0) is 8.23 Å². The fourth-order valence-electron chi connectivity index (χ4n) is 2.25. The number of hydrogen-bond donors (Lipinski definition) is 0. The Balaban J connectivity index is 5.21. The van der Waals surface area contributed by atoms with Crippen LogP contribution >= 0.6 is 0 Å². The maximum atomic E-state index is 6.48. The summed E-state index contributed by atoms with van der Waals surface area (Å²) >= 11 is 0. The van der Waals surface area contributed by atoms with E-state index in [2.05, 4.69) is 72.1 Å². The zero-order valence-electron chi connectivity index (χ0n) is 14.6.